The summed E-state index contributed by atoms with van der Waals surface area (Å²) in [6, 6.07) is 13.5. The van der Waals surface area contributed by atoms with E-state index in [0.717, 1.165) is 19.3 Å². The third-order valence-electron chi connectivity index (χ3n) is 4.38. The van der Waals surface area contributed by atoms with Gasteiger partial charge in [0, 0.05) is 18.8 Å². The molecule has 0 aromatic heterocycles. The lowest BCUT2D eigenvalue weighted by molar-refractivity contribution is -0.114. The molecule has 6 nitrogen and oxygen atoms in total. The Labute approximate surface area is 164 Å². The Hall–Kier alpha value is -2.09. The number of anilines is 2. The lowest BCUT2D eigenvalue weighted by atomic mass is 10.2. The molecule has 1 heterocycles. The van der Waals surface area contributed by atoms with Gasteiger partial charge in [0.05, 0.1) is 22.2 Å². The van der Waals surface area contributed by atoms with Crippen molar-refractivity contribution in [1.29, 1.82) is 0 Å². The van der Waals surface area contributed by atoms with Crippen LogP contribution in [-0.2, 0) is 14.8 Å². The molecule has 1 amide bonds. The monoisotopic (exact) mass is 407 g/mol. The molecule has 1 aliphatic heterocycles. The summed E-state index contributed by atoms with van der Waals surface area (Å²) < 4.78 is 27.0. The van der Waals surface area contributed by atoms with Crippen LogP contribution in [0.25, 0.3) is 0 Å². The van der Waals surface area contributed by atoms with Crippen molar-refractivity contribution in [1.82, 2.24) is 4.31 Å². The second-order valence-corrected chi connectivity index (χ2v) is 8.72. The van der Waals surface area contributed by atoms with Gasteiger partial charge in [-0.05, 0) is 43.2 Å². The molecule has 3 rings (SSSR count). The topological polar surface area (TPSA) is 78.5 Å². The SMILES string of the molecule is O=C(CNc1ccccc1Cl)Nc1cccc(S(=O)(=O)N2CCCCC2)c1. The molecule has 0 unspecified atom stereocenters. The molecule has 8 heteroatoms. The van der Waals surface area contributed by atoms with E-state index in [0.29, 0.717) is 29.5 Å². The van der Waals surface area contributed by atoms with E-state index in [1.165, 1.54) is 10.4 Å². The van der Waals surface area contributed by atoms with Crippen molar-refractivity contribution < 1.29 is 13.2 Å². The number of carbonyl (C=O) groups is 1. The Balaban J connectivity index is 1.65. The highest BCUT2D eigenvalue weighted by molar-refractivity contribution is 7.89. The second kappa shape index (κ2) is 8.73. The number of halogens is 1. The van der Waals surface area contributed by atoms with Gasteiger partial charge in [-0.2, -0.15) is 4.31 Å². The lowest BCUT2D eigenvalue weighted by Gasteiger charge is -2.26. The third kappa shape index (κ3) is 5.00. The van der Waals surface area contributed by atoms with E-state index >= 15 is 0 Å². The fraction of sp³-hybridized carbons (Fsp3) is 0.316. The zero-order valence-electron chi connectivity index (χ0n) is 14.8. The molecule has 2 N–H and O–H groups in total. The van der Waals surface area contributed by atoms with Crippen molar-refractivity contribution in [3.63, 3.8) is 0 Å². The van der Waals surface area contributed by atoms with Crippen molar-refractivity contribution >= 4 is 38.9 Å². The van der Waals surface area contributed by atoms with Crippen LogP contribution in [0.3, 0.4) is 0 Å². The molecule has 1 saturated heterocycles. The third-order valence-corrected chi connectivity index (χ3v) is 6.61. The van der Waals surface area contributed by atoms with Crippen LogP contribution in [-0.4, -0.2) is 38.3 Å². The van der Waals surface area contributed by atoms with Gasteiger partial charge in [-0.1, -0.05) is 36.2 Å². The first-order chi connectivity index (χ1) is 13.0. The van der Waals surface area contributed by atoms with Gasteiger partial charge in [-0.3, -0.25) is 4.79 Å². The zero-order valence-corrected chi connectivity index (χ0v) is 16.4. The van der Waals surface area contributed by atoms with E-state index < -0.39 is 10.0 Å². The number of hydrogen-bond acceptors (Lipinski definition) is 4. The Bertz CT molecular complexity index is 912. The molecule has 0 saturated carbocycles. The number of nitrogens with zero attached hydrogens (tertiary/aromatic N) is 1. The van der Waals surface area contributed by atoms with Crippen molar-refractivity contribution in [2.24, 2.45) is 0 Å². The van der Waals surface area contributed by atoms with E-state index in [1.54, 1.807) is 30.3 Å². The average molecular weight is 408 g/mol. The molecule has 1 aliphatic rings. The number of hydrogen-bond donors (Lipinski definition) is 2. The summed E-state index contributed by atoms with van der Waals surface area (Å²) in [4.78, 5) is 12.4. The molecule has 27 heavy (non-hydrogen) atoms. The van der Waals surface area contributed by atoms with Crippen molar-refractivity contribution in [2.75, 3.05) is 30.3 Å². The fourth-order valence-electron chi connectivity index (χ4n) is 2.97. The maximum absolute atomic E-state index is 12.8. The summed E-state index contributed by atoms with van der Waals surface area (Å²) in [6.07, 6.45) is 2.81. The molecule has 1 fully saturated rings. The number of nitrogens with one attached hydrogen (secondary N) is 2. The van der Waals surface area contributed by atoms with Crippen LogP contribution in [0.4, 0.5) is 11.4 Å². The van der Waals surface area contributed by atoms with E-state index in [1.807, 2.05) is 12.1 Å². The summed E-state index contributed by atoms with van der Waals surface area (Å²) in [7, 11) is -3.53. The van der Waals surface area contributed by atoms with Gasteiger partial charge in [0.25, 0.3) is 0 Å². The number of piperidine rings is 1. The maximum atomic E-state index is 12.8. The molecule has 0 aliphatic carbocycles. The van der Waals surface area contributed by atoms with Gasteiger partial charge in [-0.15, -0.1) is 0 Å². The van der Waals surface area contributed by atoms with Crippen molar-refractivity contribution in [2.45, 2.75) is 24.2 Å². The Morgan fingerprint density at radius 1 is 1.04 bits per heavy atom. The van der Waals surface area contributed by atoms with Gasteiger partial charge >= 0.3 is 0 Å². The zero-order chi connectivity index (χ0) is 19.3. The second-order valence-electron chi connectivity index (χ2n) is 6.37. The predicted molar refractivity (Wildman–Crippen MR) is 108 cm³/mol. The number of amides is 1. The maximum Gasteiger partial charge on any atom is 0.243 e. The van der Waals surface area contributed by atoms with Crippen LogP contribution in [0.5, 0.6) is 0 Å². The highest BCUT2D eigenvalue weighted by Gasteiger charge is 2.26. The smallest absolute Gasteiger partial charge is 0.243 e. The summed E-state index contributed by atoms with van der Waals surface area (Å²) in [6.45, 7) is 1.11. The minimum Gasteiger partial charge on any atom is -0.375 e. The van der Waals surface area contributed by atoms with E-state index in [2.05, 4.69) is 10.6 Å². The van der Waals surface area contributed by atoms with E-state index in [9.17, 15) is 13.2 Å². The molecule has 2 aromatic rings. The normalized spacial score (nSPS) is 15.3. The first kappa shape index (κ1) is 19.7. The standard InChI is InChI=1S/C19H22ClN3O3S/c20-17-9-2-3-10-18(17)21-14-19(24)22-15-7-6-8-16(13-15)27(25,26)23-11-4-1-5-12-23/h2-3,6-10,13,21H,1,4-5,11-12,14H2,(H,22,24). The number of rotatable bonds is 6. The molecular formula is C19H22ClN3O3S. The highest BCUT2D eigenvalue weighted by Crippen LogP contribution is 2.23. The first-order valence-corrected chi connectivity index (χ1v) is 10.7. The largest absolute Gasteiger partial charge is 0.375 e. The number of carbonyl (C=O) groups excluding carboxylic acids is 1. The van der Waals surface area contributed by atoms with Crippen LogP contribution >= 0.6 is 11.6 Å². The van der Waals surface area contributed by atoms with Crippen LogP contribution in [0.2, 0.25) is 5.02 Å². The first-order valence-electron chi connectivity index (χ1n) is 8.85. The summed E-state index contributed by atoms with van der Waals surface area (Å²) in [5, 5.41) is 6.21. The predicted octanol–water partition coefficient (Wildman–Crippen LogP) is 3.57. The van der Waals surface area contributed by atoms with E-state index in [-0.39, 0.29) is 17.3 Å². The van der Waals surface area contributed by atoms with Crippen LogP contribution in [0, 0.1) is 0 Å². The molecular weight excluding hydrogens is 386 g/mol. The molecule has 0 spiro atoms. The molecule has 144 valence electrons. The lowest BCUT2D eigenvalue weighted by Crippen LogP contribution is -2.35. The minimum absolute atomic E-state index is 0.0207. The molecule has 0 bridgehead atoms. The van der Waals surface area contributed by atoms with Gasteiger partial charge in [-0.25, -0.2) is 8.42 Å². The number of benzene rings is 2. The molecule has 0 radical (unpaired) electrons. The average Bonchev–Trinajstić information content (AvgIpc) is 2.68. The highest BCUT2D eigenvalue weighted by atomic mass is 35.5. The Kier molecular flexibility index (Phi) is 6.36. The van der Waals surface area contributed by atoms with Gasteiger partial charge in [0.1, 0.15) is 0 Å². The Morgan fingerprint density at radius 3 is 2.52 bits per heavy atom. The van der Waals surface area contributed by atoms with Crippen molar-refractivity contribution in [3.05, 3.63) is 53.6 Å². The van der Waals surface area contributed by atoms with Gasteiger partial charge in [0.2, 0.25) is 15.9 Å². The van der Waals surface area contributed by atoms with Gasteiger partial charge < -0.3 is 10.6 Å². The molecule has 2 aromatic carbocycles. The van der Waals surface area contributed by atoms with E-state index in [4.69, 9.17) is 11.6 Å². The van der Waals surface area contributed by atoms with Crippen LogP contribution in [0.1, 0.15) is 19.3 Å². The minimum atomic E-state index is -3.53. The quantitative estimate of drug-likeness (QED) is 0.767. The summed E-state index contributed by atoms with van der Waals surface area (Å²) >= 11 is 6.05. The Morgan fingerprint density at radius 2 is 1.78 bits per heavy atom. The van der Waals surface area contributed by atoms with Crippen molar-refractivity contribution in [3.8, 4) is 0 Å². The van der Waals surface area contributed by atoms with Crippen LogP contribution < -0.4 is 10.6 Å². The van der Waals surface area contributed by atoms with Crippen LogP contribution in [0.15, 0.2) is 53.4 Å². The van der Waals surface area contributed by atoms with Gasteiger partial charge in [0.15, 0.2) is 0 Å². The fourth-order valence-corrected chi connectivity index (χ4v) is 4.74. The summed E-state index contributed by atoms with van der Waals surface area (Å²) in [5.41, 5.74) is 1.11. The molecule has 0 atom stereocenters. The number of sulfonamides is 1. The number of para-hydroxylation sites is 1. The summed E-state index contributed by atoms with van der Waals surface area (Å²) in [5.74, 6) is -0.289.